The zero-order valence-corrected chi connectivity index (χ0v) is 43.0. The molecule has 6 N–H and O–H groups in total. The monoisotopic (exact) mass is 934 g/mol. The Morgan fingerprint density at radius 1 is 0.515 bits per heavy atom. The molecular weight excluding hydrogens is 827 g/mol. The number of nitrogens with one attached hydrogen (secondary N) is 1. The van der Waals surface area contributed by atoms with Crippen LogP contribution >= 0.6 is 0 Å². The van der Waals surface area contributed by atoms with Crippen molar-refractivity contribution in [2.45, 2.75) is 307 Å². The number of rotatable bonds is 48. The Morgan fingerprint density at radius 3 is 1.33 bits per heavy atom. The molecule has 0 aromatic rings. The number of unbranched alkanes of at least 4 members (excludes halogenated alkanes) is 34. The molecule has 7 unspecified atom stereocenters. The molecule has 9 nitrogen and oxygen atoms in total. The Labute approximate surface area is 406 Å². The first-order valence-corrected chi connectivity index (χ1v) is 28.2. The summed E-state index contributed by atoms with van der Waals surface area (Å²) < 4.78 is 11.3. The summed E-state index contributed by atoms with van der Waals surface area (Å²) in [6.45, 7) is 3.77. The van der Waals surface area contributed by atoms with Crippen molar-refractivity contribution < 1.29 is 39.8 Å². The number of hydrogen-bond donors (Lipinski definition) is 6. The smallest absolute Gasteiger partial charge is 0.220 e. The Kier molecular flexibility index (Phi) is 44.6. The van der Waals surface area contributed by atoms with Crippen LogP contribution in [0.15, 0.2) is 36.5 Å². The number of hydrogen-bond acceptors (Lipinski definition) is 8. The van der Waals surface area contributed by atoms with Gasteiger partial charge in [-0.15, -0.1) is 0 Å². The SMILES string of the molecule is CCCCC/C=C\C/C=C\CCCCCCCCCC(=O)NC(COC1OC(CO)C(O)C(O)C1O)C(O)/C=C/CCCCCCCCCCCCCCCCCCCCCCCCCC. The Balaban J connectivity index is 2.23. The van der Waals surface area contributed by atoms with Gasteiger partial charge in [-0.05, 0) is 51.4 Å². The van der Waals surface area contributed by atoms with Crippen LogP contribution in [0.1, 0.15) is 264 Å². The van der Waals surface area contributed by atoms with Crippen molar-refractivity contribution in [1.29, 1.82) is 0 Å². The number of amides is 1. The van der Waals surface area contributed by atoms with Gasteiger partial charge >= 0.3 is 0 Å². The fraction of sp³-hybridized carbons (Fsp3) is 0.877. The minimum atomic E-state index is -1.57. The van der Waals surface area contributed by atoms with E-state index in [0.717, 1.165) is 57.8 Å². The predicted octanol–water partition coefficient (Wildman–Crippen LogP) is 13.6. The number of allylic oxidation sites excluding steroid dienone is 5. The topological polar surface area (TPSA) is 149 Å². The molecule has 1 rings (SSSR count). The average Bonchev–Trinajstić information content (AvgIpc) is 3.32. The lowest BCUT2D eigenvalue weighted by molar-refractivity contribution is -0.302. The van der Waals surface area contributed by atoms with Gasteiger partial charge in [-0.25, -0.2) is 0 Å². The summed E-state index contributed by atoms with van der Waals surface area (Å²) in [6.07, 6.45) is 53.5. The predicted molar refractivity (Wildman–Crippen MR) is 276 cm³/mol. The second kappa shape index (κ2) is 47.1. The Morgan fingerprint density at radius 2 is 0.894 bits per heavy atom. The fourth-order valence-electron chi connectivity index (χ4n) is 8.95. The van der Waals surface area contributed by atoms with Crippen LogP contribution in [0, 0.1) is 0 Å². The van der Waals surface area contributed by atoms with Gasteiger partial charge in [-0.1, -0.05) is 243 Å². The zero-order valence-electron chi connectivity index (χ0n) is 43.0. The highest BCUT2D eigenvalue weighted by Crippen LogP contribution is 2.23. The summed E-state index contributed by atoms with van der Waals surface area (Å²) in [5.41, 5.74) is 0. The summed E-state index contributed by atoms with van der Waals surface area (Å²) in [6, 6.07) is -0.809. The van der Waals surface area contributed by atoms with E-state index in [1.165, 1.54) is 186 Å². The van der Waals surface area contributed by atoms with Crippen LogP contribution in [0.2, 0.25) is 0 Å². The molecule has 0 aromatic heterocycles. The lowest BCUT2D eigenvalue weighted by atomic mass is 9.99. The zero-order chi connectivity index (χ0) is 48.0. The molecule has 0 aliphatic carbocycles. The molecule has 1 heterocycles. The van der Waals surface area contributed by atoms with Gasteiger partial charge in [0.1, 0.15) is 24.4 Å². The van der Waals surface area contributed by atoms with Crippen LogP contribution in [-0.4, -0.2) is 87.5 Å². The molecule has 0 aromatic carbocycles. The van der Waals surface area contributed by atoms with Crippen molar-refractivity contribution in [2.24, 2.45) is 0 Å². The molecule has 1 saturated heterocycles. The molecule has 0 bridgehead atoms. The lowest BCUT2D eigenvalue weighted by Crippen LogP contribution is -2.60. The van der Waals surface area contributed by atoms with Crippen molar-refractivity contribution in [2.75, 3.05) is 13.2 Å². The molecule has 9 heteroatoms. The molecule has 66 heavy (non-hydrogen) atoms. The van der Waals surface area contributed by atoms with Crippen LogP contribution < -0.4 is 5.32 Å². The standard InChI is InChI=1S/C57H107NO8/c1-3-5-7-9-11-13-15-17-19-21-22-23-24-25-26-27-28-29-31-32-34-36-38-40-42-44-46-51(60)50(49-65-57-56(64)55(63)54(62)52(48-59)66-57)58-53(61)47-45-43-41-39-37-35-33-30-20-18-16-14-12-10-8-6-4-2/h12,14,18,20,44,46,50-52,54-57,59-60,62-64H,3-11,13,15-17,19,21-43,45,47-49H2,1-2H3,(H,58,61)/b14-12-,20-18-,46-44+. The quantitative estimate of drug-likeness (QED) is 0.0261. The van der Waals surface area contributed by atoms with E-state index in [9.17, 15) is 30.3 Å². The molecule has 0 radical (unpaired) electrons. The van der Waals surface area contributed by atoms with Crippen molar-refractivity contribution >= 4 is 5.91 Å². The number of aliphatic hydroxyl groups excluding tert-OH is 5. The van der Waals surface area contributed by atoms with E-state index >= 15 is 0 Å². The van der Waals surface area contributed by atoms with Gasteiger partial charge in [-0.2, -0.15) is 0 Å². The third-order valence-electron chi connectivity index (χ3n) is 13.5. The van der Waals surface area contributed by atoms with E-state index in [-0.39, 0.29) is 12.5 Å². The highest BCUT2D eigenvalue weighted by molar-refractivity contribution is 5.76. The summed E-state index contributed by atoms with van der Waals surface area (Å²) in [5.74, 6) is -0.183. The summed E-state index contributed by atoms with van der Waals surface area (Å²) in [4.78, 5) is 13.0. The second-order valence-electron chi connectivity index (χ2n) is 19.7. The molecule has 0 saturated carbocycles. The number of carbonyl (C=O) groups excluding carboxylic acids is 1. The summed E-state index contributed by atoms with van der Waals surface area (Å²) >= 11 is 0. The maximum absolute atomic E-state index is 13.0. The first kappa shape index (κ1) is 62.4. The molecule has 1 aliphatic rings. The van der Waals surface area contributed by atoms with E-state index in [4.69, 9.17) is 9.47 Å². The van der Waals surface area contributed by atoms with Gasteiger partial charge in [-0.3, -0.25) is 4.79 Å². The van der Waals surface area contributed by atoms with E-state index in [1.54, 1.807) is 6.08 Å². The Bertz CT molecular complexity index is 1130. The molecule has 0 spiro atoms. The number of aliphatic hydroxyl groups is 5. The Hall–Kier alpha value is -1.59. The molecule has 7 atom stereocenters. The highest BCUT2D eigenvalue weighted by Gasteiger charge is 2.44. The van der Waals surface area contributed by atoms with Gasteiger partial charge in [0, 0.05) is 6.42 Å². The highest BCUT2D eigenvalue weighted by atomic mass is 16.7. The molecule has 388 valence electrons. The third kappa shape index (κ3) is 36.4. The van der Waals surface area contributed by atoms with Gasteiger partial charge in [0.05, 0.1) is 25.4 Å². The van der Waals surface area contributed by atoms with Crippen molar-refractivity contribution in [1.82, 2.24) is 5.32 Å². The van der Waals surface area contributed by atoms with Crippen LogP contribution in [0.5, 0.6) is 0 Å². The average molecular weight is 934 g/mol. The molecule has 1 fully saturated rings. The number of ether oxygens (including phenoxy) is 2. The minimum Gasteiger partial charge on any atom is -0.394 e. The van der Waals surface area contributed by atoms with Crippen LogP contribution in [0.3, 0.4) is 0 Å². The van der Waals surface area contributed by atoms with Gasteiger partial charge in [0.2, 0.25) is 5.91 Å². The maximum Gasteiger partial charge on any atom is 0.220 e. The number of carbonyl (C=O) groups is 1. The van der Waals surface area contributed by atoms with Crippen LogP contribution in [0.25, 0.3) is 0 Å². The first-order valence-electron chi connectivity index (χ1n) is 28.2. The van der Waals surface area contributed by atoms with E-state index in [1.807, 2.05) is 6.08 Å². The lowest BCUT2D eigenvalue weighted by Gasteiger charge is -2.40. The normalized spacial score (nSPS) is 20.0. The minimum absolute atomic E-state index is 0.183. The fourth-order valence-corrected chi connectivity index (χ4v) is 8.95. The van der Waals surface area contributed by atoms with Gasteiger partial charge in [0.25, 0.3) is 0 Å². The van der Waals surface area contributed by atoms with Gasteiger partial charge < -0.3 is 40.3 Å². The van der Waals surface area contributed by atoms with Crippen LogP contribution in [0.4, 0.5) is 0 Å². The summed E-state index contributed by atoms with van der Waals surface area (Å²) in [5, 5.41) is 54.5. The van der Waals surface area contributed by atoms with E-state index in [0.29, 0.717) is 6.42 Å². The first-order chi connectivity index (χ1) is 32.3. The van der Waals surface area contributed by atoms with Gasteiger partial charge in [0.15, 0.2) is 6.29 Å². The van der Waals surface area contributed by atoms with Crippen molar-refractivity contribution in [3.05, 3.63) is 36.5 Å². The van der Waals surface area contributed by atoms with E-state index < -0.39 is 49.5 Å². The maximum atomic E-state index is 13.0. The van der Waals surface area contributed by atoms with Crippen LogP contribution in [-0.2, 0) is 14.3 Å². The third-order valence-corrected chi connectivity index (χ3v) is 13.5. The largest absolute Gasteiger partial charge is 0.394 e. The summed E-state index contributed by atoms with van der Waals surface area (Å²) in [7, 11) is 0. The van der Waals surface area contributed by atoms with Crippen molar-refractivity contribution in [3.63, 3.8) is 0 Å². The second-order valence-corrected chi connectivity index (χ2v) is 19.7. The van der Waals surface area contributed by atoms with Crippen molar-refractivity contribution in [3.8, 4) is 0 Å². The molecule has 1 aliphatic heterocycles. The molecule has 1 amide bonds. The molecular formula is C57H107NO8. The van der Waals surface area contributed by atoms with E-state index in [2.05, 4.69) is 43.5 Å².